The van der Waals surface area contributed by atoms with Gasteiger partial charge in [-0.05, 0) is 13.8 Å². The Balaban J connectivity index is 2.32. The lowest BCUT2D eigenvalue weighted by molar-refractivity contribution is -0.187. The maximum absolute atomic E-state index is 12.9. The molecule has 0 amide bonds. The molecule has 2 rings (SSSR count). The number of carbonyl (C=O) groups is 1. The minimum Gasteiger partial charge on any atom is -0.481 e. The third-order valence-corrected chi connectivity index (χ3v) is 5.52. The first-order chi connectivity index (χ1) is 10.4. The van der Waals surface area contributed by atoms with Crippen molar-refractivity contribution in [3.63, 3.8) is 0 Å². The first-order valence-electron chi connectivity index (χ1n) is 6.77. The minimum atomic E-state index is -4.79. The van der Waals surface area contributed by atoms with E-state index >= 15 is 0 Å². The second-order valence-electron chi connectivity index (χ2n) is 5.67. The van der Waals surface area contributed by atoms with E-state index in [1.54, 1.807) is 13.8 Å². The number of carboxylic acid groups (broad SMARTS) is 1. The molecule has 1 N–H and O–H groups in total. The number of carboxylic acids is 1. The van der Waals surface area contributed by atoms with Crippen LogP contribution in [-0.4, -0.2) is 52.6 Å². The van der Waals surface area contributed by atoms with Crippen molar-refractivity contribution < 1.29 is 31.5 Å². The Morgan fingerprint density at radius 3 is 2.39 bits per heavy atom. The Morgan fingerprint density at radius 1 is 1.39 bits per heavy atom. The third kappa shape index (κ3) is 3.34. The van der Waals surface area contributed by atoms with Crippen LogP contribution in [0.2, 0.25) is 0 Å². The van der Waals surface area contributed by atoms with Gasteiger partial charge in [-0.1, -0.05) is 0 Å². The highest BCUT2D eigenvalue weighted by molar-refractivity contribution is 7.89. The second-order valence-corrected chi connectivity index (χ2v) is 7.55. The number of halogens is 3. The predicted molar refractivity (Wildman–Crippen MR) is 72.0 cm³/mol. The summed E-state index contributed by atoms with van der Waals surface area (Å²) in [6, 6.07) is -0.0697. The topological polar surface area (TPSA) is 92.5 Å². The van der Waals surface area contributed by atoms with Gasteiger partial charge in [0, 0.05) is 25.3 Å². The number of aromatic nitrogens is 2. The van der Waals surface area contributed by atoms with Crippen LogP contribution in [0, 0.1) is 11.8 Å². The molecule has 0 bridgehead atoms. The molecule has 2 atom stereocenters. The van der Waals surface area contributed by atoms with E-state index in [4.69, 9.17) is 5.11 Å². The van der Waals surface area contributed by atoms with Crippen LogP contribution >= 0.6 is 0 Å². The maximum atomic E-state index is 12.9. The van der Waals surface area contributed by atoms with Gasteiger partial charge >= 0.3 is 12.1 Å². The number of rotatable bonds is 4. The largest absolute Gasteiger partial charge is 0.481 e. The van der Waals surface area contributed by atoms with Gasteiger partial charge in [0.2, 0.25) is 0 Å². The van der Waals surface area contributed by atoms with Crippen LogP contribution in [-0.2, 0) is 14.8 Å². The van der Waals surface area contributed by atoms with E-state index in [1.807, 2.05) is 0 Å². The van der Waals surface area contributed by atoms with Gasteiger partial charge in [-0.2, -0.15) is 17.5 Å². The number of nitrogens with zero attached hydrogens (tertiary/aromatic N) is 3. The zero-order chi connectivity index (χ0) is 17.6. The Hall–Kier alpha value is -1.62. The van der Waals surface area contributed by atoms with E-state index in [2.05, 4.69) is 4.98 Å². The fourth-order valence-electron chi connectivity index (χ4n) is 2.41. The molecular formula is C12H16F3N3O4S. The summed E-state index contributed by atoms with van der Waals surface area (Å²) in [7, 11) is -4.27. The average Bonchev–Trinajstić information content (AvgIpc) is 3.06. The summed E-state index contributed by atoms with van der Waals surface area (Å²) in [4.78, 5) is 14.7. The Bertz CT molecular complexity index is 699. The number of sulfonamides is 1. The van der Waals surface area contributed by atoms with Crippen molar-refractivity contribution >= 4 is 16.0 Å². The summed E-state index contributed by atoms with van der Waals surface area (Å²) in [6.07, 6.45) is -2.30. The number of aliphatic carboxylic acids is 1. The van der Waals surface area contributed by atoms with E-state index in [9.17, 15) is 26.4 Å². The highest BCUT2D eigenvalue weighted by atomic mass is 32.2. The van der Waals surface area contributed by atoms with Gasteiger partial charge in [0.25, 0.3) is 10.0 Å². The Labute approximate surface area is 130 Å². The molecule has 0 spiro atoms. The van der Waals surface area contributed by atoms with E-state index < -0.39 is 52.1 Å². The molecule has 0 aromatic carbocycles. The SMILES string of the molecule is CC(C)n1cnc(S(=O)(=O)N2C[C@@H](C(F)(F)F)[C@H](C(=O)O)C2)c1. The number of hydrogen-bond acceptors (Lipinski definition) is 4. The van der Waals surface area contributed by atoms with Gasteiger partial charge in [-0.15, -0.1) is 0 Å². The van der Waals surface area contributed by atoms with E-state index in [-0.39, 0.29) is 6.04 Å². The van der Waals surface area contributed by atoms with E-state index in [0.717, 1.165) is 0 Å². The zero-order valence-electron chi connectivity index (χ0n) is 12.4. The van der Waals surface area contributed by atoms with Crippen molar-refractivity contribution in [1.29, 1.82) is 0 Å². The van der Waals surface area contributed by atoms with Gasteiger partial charge in [0.1, 0.15) is 0 Å². The van der Waals surface area contributed by atoms with Crippen LogP contribution < -0.4 is 0 Å². The van der Waals surface area contributed by atoms with Gasteiger partial charge in [0.15, 0.2) is 5.03 Å². The maximum Gasteiger partial charge on any atom is 0.393 e. The van der Waals surface area contributed by atoms with Crippen LogP contribution in [0.15, 0.2) is 17.6 Å². The molecule has 1 aliphatic heterocycles. The van der Waals surface area contributed by atoms with Crippen LogP contribution in [0.1, 0.15) is 19.9 Å². The smallest absolute Gasteiger partial charge is 0.393 e. The van der Waals surface area contributed by atoms with Gasteiger partial charge in [0.05, 0.1) is 18.2 Å². The van der Waals surface area contributed by atoms with Gasteiger partial charge in [-0.25, -0.2) is 13.4 Å². The number of imidazole rings is 1. The van der Waals surface area contributed by atoms with Crippen LogP contribution in [0.25, 0.3) is 0 Å². The number of hydrogen-bond donors (Lipinski definition) is 1. The zero-order valence-corrected chi connectivity index (χ0v) is 13.2. The lowest BCUT2D eigenvalue weighted by atomic mass is 9.96. The molecule has 11 heteroatoms. The van der Waals surface area contributed by atoms with Gasteiger partial charge < -0.3 is 9.67 Å². The molecule has 130 valence electrons. The van der Waals surface area contributed by atoms with Crippen molar-refractivity contribution in [1.82, 2.24) is 13.9 Å². The average molecular weight is 355 g/mol. The summed E-state index contributed by atoms with van der Waals surface area (Å²) in [5, 5.41) is 8.55. The Morgan fingerprint density at radius 2 is 2.00 bits per heavy atom. The van der Waals surface area contributed by atoms with Crippen molar-refractivity contribution in [2.45, 2.75) is 31.1 Å². The predicted octanol–water partition coefficient (Wildman–Crippen LogP) is 1.35. The molecule has 23 heavy (non-hydrogen) atoms. The summed E-state index contributed by atoms with van der Waals surface area (Å²) in [5.41, 5.74) is 0. The van der Waals surface area contributed by atoms with Crippen molar-refractivity contribution in [2.75, 3.05) is 13.1 Å². The highest BCUT2D eigenvalue weighted by Crippen LogP contribution is 2.39. The van der Waals surface area contributed by atoms with Gasteiger partial charge in [-0.3, -0.25) is 4.79 Å². The third-order valence-electron chi connectivity index (χ3n) is 3.80. The monoisotopic (exact) mass is 355 g/mol. The normalized spacial score (nSPS) is 23.6. The molecule has 1 aliphatic rings. The molecule has 7 nitrogen and oxygen atoms in total. The van der Waals surface area contributed by atoms with Crippen molar-refractivity contribution in [3.05, 3.63) is 12.5 Å². The molecule has 1 fully saturated rings. The van der Waals surface area contributed by atoms with Crippen LogP contribution in [0.4, 0.5) is 13.2 Å². The lowest BCUT2D eigenvalue weighted by Crippen LogP contribution is -2.34. The fraction of sp³-hybridized carbons (Fsp3) is 0.667. The first-order valence-corrected chi connectivity index (χ1v) is 8.21. The summed E-state index contributed by atoms with van der Waals surface area (Å²) in [6.45, 7) is 1.93. The molecule has 2 heterocycles. The molecule has 0 unspecified atom stereocenters. The fourth-order valence-corrected chi connectivity index (χ4v) is 3.83. The van der Waals surface area contributed by atoms with E-state index in [1.165, 1.54) is 17.1 Å². The molecule has 1 saturated heterocycles. The van der Waals surface area contributed by atoms with Crippen LogP contribution in [0.5, 0.6) is 0 Å². The molecule has 1 aromatic rings. The summed E-state index contributed by atoms with van der Waals surface area (Å²) >= 11 is 0. The lowest BCUT2D eigenvalue weighted by Gasteiger charge is -2.18. The summed E-state index contributed by atoms with van der Waals surface area (Å²) < 4.78 is 65.7. The molecule has 1 aromatic heterocycles. The highest BCUT2D eigenvalue weighted by Gasteiger charge is 2.55. The summed E-state index contributed by atoms with van der Waals surface area (Å²) in [5.74, 6) is -5.73. The minimum absolute atomic E-state index is 0.0697. The number of alkyl halides is 3. The quantitative estimate of drug-likeness (QED) is 0.880. The first kappa shape index (κ1) is 17.7. The Kier molecular flexibility index (Phi) is 4.46. The molecule has 0 aliphatic carbocycles. The van der Waals surface area contributed by atoms with Crippen LogP contribution in [0.3, 0.4) is 0 Å². The van der Waals surface area contributed by atoms with E-state index in [0.29, 0.717) is 4.31 Å². The standard InChI is InChI=1S/C12H16F3N3O4S/c1-7(2)17-5-10(16-6-17)23(21,22)18-3-8(11(19)20)9(4-18)12(13,14)15/h5-9H,3-4H2,1-2H3,(H,19,20)/t8-,9-/m1/s1. The van der Waals surface area contributed by atoms with Crippen molar-refractivity contribution in [3.8, 4) is 0 Å². The molecule has 0 radical (unpaired) electrons. The second kappa shape index (κ2) is 5.78. The molecule has 0 saturated carbocycles. The van der Waals surface area contributed by atoms with Crippen molar-refractivity contribution in [2.24, 2.45) is 11.8 Å². The molecular weight excluding hydrogens is 339 g/mol.